The van der Waals surface area contributed by atoms with Crippen LogP contribution >= 0.6 is 11.6 Å². The molecule has 0 amide bonds. The zero-order valence-corrected chi connectivity index (χ0v) is 24.5. The number of hydrogen-bond acceptors (Lipinski definition) is 7. The summed E-state index contributed by atoms with van der Waals surface area (Å²) in [5.41, 5.74) is 6.54. The van der Waals surface area contributed by atoms with Gasteiger partial charge in [-0.1, -0.05) is 29.8 Å². The standard InChI is InChI=1S/C31H34ClN3O6/c1-34-29-21(22(13-15-26(36)39-3)30(34)31(37)40-4)12-14-23(32)27(29)28-24(33-35-16-6-5-7-25(28)35)18-41-17-19-8-10-20(38-2)11-9-19/h8-12,14H,5-7,13,15-18H2,1-4H3. The van der Waals surface area contributed by atoms with Crippen molar-refractivity contribution >= 4 is 34.4 Å². The molecule has 0 fully saturated rings. The summed E-state index contributed by atoms with van der Waals surface area (Å²) in [6.07, 6.45) is 3.40. The first-order chi connectivity index (χ1) is 19.9. The first-order valence-electron chi connectivity index (χ1n) is 13.6. The molecule has 0 spiro atoms. The second-order valence-corrected chi connectivity index (χ2v) is 10.5. The second-order valence-electron chi connectivity index (χ2n) is 10.1. The van der Waals surface area contributed by atoms with Gasteiger partial charge in [0.25, 0.3) is 0 Å². The number of benzene rings is 2. The highest BCUT2D eigenvalue weighted by atomic mass is 35.5. The van der Waals surface area contributed by atoms with Gasteiger partial charge in [-0.05, 0) is 55.0 Å². The number of aryl methyl sites for hydroxylation is 3. The zero-order valence-electron chi connectivity index (χ0n) is 23.8. The molecule has 216 valence electrons. The lowest BCUT2D eigenvalue weighted by Crippen LogP contribution is -2.12. The van der Waals surface area contributed by atoms with Crippen LogP contribution in [0.4, 0.5) is 0 Å². The van der Waals surface area contributed by atoms with Crippen LogP contribution in [-0.2, 0) is 58.7 Å². The Kier molecular flexibility index (Phi) is 8.65. The number of carbonyl (C=O) groups excluding carboxylic acids is 2. The van der Waals surface area contributed by atoms with E-state index in [-0.39, 0.29) is 19.0 Å². The zero-order chi connectivity index (χ0) is 29.1. The fourth-order valence-corrected chi connectivity index (χ4v) is 5.95. The van der Waals surface area contributed by atoms with Crippen LogP contribution in [0.5, 0.6) is 5.75 Å². The third kappa shape index (κ3) is 5.56. The summed E-state index contributed by atoms with van der Waals surface area (Å²) in [7, 11) is 6.17. The van der Waals surface area contributed by atoms with Crippen molar-refractivity contribution in [2.24, 2.45) is 7.05 Å². The maximum Gasteiger partial charge on any atom is 0.354 e. The van der Waals surface area contributed by atoms with Gasteiger partial charge >= 0.3 is 11.9 Å². The Morgan fingerprint density at radius 1 is 0.976 bits per heavy atom. The molecule has 3 heterocycles. The molecule has 0 aliphatic carbocycles. The molecule has 0 unspecified atom stereocenters. The number of esters is 2. The van der Waals surface area contributed by atoms with E-state index in [9.17, 15) is 9.59 Å². The average molecular weight is 580 g/mol. The van der Waals surface area contributed by atoms with Crippen LogP contribution in [0.2, 0.25) is 5.02 Å². The van der Waals surface area contributed by atoms with E-state index in [1.54, 1.807) is 7.11 Å². The van der Waals surface area contributed by atoms with Crippen LogP contribution < -0.4 is 4.74 Å². The van der Waals surface area contributed by atoms with Gasteiger partial charge in [0.1, 0.15) is 11.4 Å². The van der Waals surface area contributed by atoms with Crippen molar-refractivity contribution in [3.8, 4) is 16.9 Å². The summed E-state index contributed by atoms with van der Waals surface area (Å²) in [5, 5.41) is 6.34. The van der Waals surface area contributed by atoms with Gasteiger partial charge in [0.05, 0.1) is 50.8 Å². The number of hydrogen-bond donors (Lipinski definition) is 0. The smallest absolute Gasteiger partial charge is 0.354 e. The van der Waals surface area contributed by atoms with Gasteiger partial charge in [-0.3, -0.25) is 9.48 Å². The van der Waals surface area contributed by atoms with Gasteiger partial charge in [0.15, 0.2) is 0 Å². The molecule has 0 N–H and O–H groups in total. The van der Waals surface area contributed by atoms with E-state index in [2.05, 4.69) is 4.68 Å². The number of aromatic nitrogens is 3. The summed E-state index contributed by atoms with van der Waals surface area (Å²) in [6, 6.07) is 11.5. The summed E-state index contributed by atoms with van der Waals surface area (Å²) in [6.45, 7) is 1.52. The van der Waals surface area contributed by atoms with Crippen LogP contribution in [-0.4, -0.2) is 47.6 Å². The highest BCUT2D eigenvalue weighted by Crippen LogP contribution is 2.43. The Morgan fingerprint density at radius 3 is 2.46 bits per heavy atom. The Balaban J connectivity index is 1.61. The molecule has 0 saturated heterocycles. The van der Waals surface area contributed by atoms with Crippen LogP contribution in [0.25, 0.3) is 22.0 Å². The molecule has 5 rings (SSSR count). The van der Waals surface area contributed by atoms with E-state index in [1.807, 2.05) is 48.0 Å². The molecule has 9 nitrogen and oxygen atoms in total. The largest absolute Gasteiger partial charge is 0.497 e. The molecule has 0 bridgehead atoms. The fraction of sp³-hybridized carbons (Fsp3) is 0.387. The van der Waals surface area contributed by atoms with Gasteiger partial charge in [0, 0.05) is 42.2 Å². The number of fused-ring (bicyclic) bond motifs is 2. The molecule has 10 heteroatoms. The molecule has 0 radical (unpaired) electrons. The quantitative estimate of drug-likeness (QED) is 0.224. The van der Waals surface area contributed by atoms with Crippen molar-refractivity contribution in [3.05, 3.63) is 69.6 Å². The number of ether oxygens (including phenoxy) is 4. The normalized spacial score (nSPS) is 12.8. The summed E-state index contributed by atoms with van der Waals surface area (Å²) in [4.78, 5) is 25.0. The fourth-order valence-electron chi connectivity index (χ4n) is 5.70. The summed E-state index contributed by atoms with van der Waals surface area (Å²) < 4.78 is 25.3. The number of methoxy groups -OCH3 is 3. The molecular weight excluding hydrogens is 546 g/mol. The maximum atomic E-state index is 13.0. The molecule has 0 atom stereocenters. The van der Waals surface area contributed by atoms with Gasteiger partial charge in [-0.25, -0.2) is 4.79 Å². The van der Waals surface area contributed by atoms with Crippen molar-refractivity contribution < 1.29 is 28.5 Å². The lowest BCUT2D eigenvalue weighted by atomic mass is 9.95. The van der Waals surface area contributed by atoms with Gasteiger partial charge in [0.2, 0.25) is 0 Å². The maximum absolute atomic E-state index is 13.0. The molecule has 41 heavy (non-hydrogen) atoms. The lowest BCUT2D eigenvalue weighted by molar-refractivity contribution is -0.140. The van der Waals surface area contributed by atoms with Crippen molar-refractivity contribution in [3.63, 3.8) is 0 Å². The minimum Gasteiger partial charge on any atom is -0.497 e. The minimum absolute atomic E-state index is 0.130. The molecule has 1 aliphatic heterocycles. The SMILES string of the molecule is COC(=O)CCc1c(C(=O)OC)n(C)c2c(-c3c(COCc4ccc(OC)cc4)nn4c3CCCC4)c(Cl)ccc12. The minimum atomic E-state index is -0.481. The second kappa shape index (κ2) is 12.4. The van der Waals surface area contributed by atoms with Crippen molar-refractivity contribution in [1.82, 2.24) is 14.3 Å². The molecular formula is C31H34ClN3O6. The van der Waals surface area contributed by atoms with E-state index in [4.69, 9.17) is 35.6 Å². The molecule has 2 aromatic carbocycles. The lowest BCUT2D eigenvalue weighted by Gasteiger charge is -2.16. The molecule has 4 aromatic rings. The summed E-state index contributed by atoms with van der Waals surface area (Å²) in [5.74, 6) is -0.0416. The number of carbonyl (C=O) groups is 2. The van der Waals surface area contributed by atoms with Gasteiger partial charge < -0.3 is 23.5 Å². The summed E-state index contributed by atoms with van der Waals surface area (Å²) >= 11 is 6.97. The van der Waals surface area contributed by atoms with E-state index < -0.39 is 5.97 Å². The van der Waals surface area contributed by atoms with Crippen LogP contribution in [0.15, 0.2) is 36.4 Å². The van der Waals surface area contributed by atoms with Crippen LogP contribution in [0.3, 0.4) is 0 Å². The van der Waals surface area contributed by atoms with Gasteiger partial charge in [-0.15, -0.1) is 0 Å². The third-order valence-electron chi connectivity index (χ3n) is 7.67. The highest BCUT2D eigenvalue weighted by molar-refractivity contribution is 6.35. The Morgan fingerprint density at radius 2 is 1.76 bits per heavy atom. The van der Waals surface area contributed by atoms with Crippen LogP contribution in [0, 0.1) is 0 Å². The predicted molar refractivity (Wildman–Crippen MR) is 155 cm³/mol. The van der Waals surface area contributed by atoms with Crippen molar-refractivity contribution in [2.45, 2.75) is 51.9 Å². The first kappa shape index (κ1) is 28.7. The number of rotatable bonds is 10. The Labute approximate surface area is 243 Å². The van der Waals surface area contributed by atoms with E-state index in [0.29, 0.717) is 23.7 Å². The molecule has 0 saturated carbocycles. The highest BCUT2D eigenvalue weighted by Gasteiger charge is 2.29. The van der Waals surface area contributed by atoms with Gasteiger partial charge in [-0.2, -0.15) is 5.10 Å². The van der Waals surface area contributed by atoms with E-state index in [0.717, 1.165) is 76.1 Å². The van der Waals surface area contributed by atoms with E-state index in [1.165, 1.54) is 14.2 Å². The van der Waals surface area contributed by atoms with Crippen LogP contribution in [0.1, 0.15) is 52.3 Å². The van der Waals surface area contributed by atoms with E-state index >= 15 is 0 Å². The number of halogens is 1. The molecule has 1 aliphatic rings. The number of nitrogens with zero attached hydrogens (tertiary/aromatic N) is 3. The molecule has 2 aromatic heterocycles. The average Bonchev–Trinajstić information content (AvgIpc) is 3.50. The van der Waals surface area contributed by atoms with Crippen molar-refractivity contribution in [1.29, 1.82) is 0 Å². The van der Waals surface area contributed by atoms with Crippen molar-refractivity contribution in [2.75, 3.05) is 21.3 Å². The monoisotopic (exact) mass is 579 g/mol. The Hall–Kier alpha value is -3.82. The first-order valence-corrected chi connectivity index (χ1v) is 14.0. The third-order valence-corrected chi connectivity index (χ3v) is 7.99. The topological polar surface area (TPSA) is 93.8 Å². The Bertz CT molecular complexity index is 1590. The predicted octanol–water partition coefficient (Wildman–Crippen LogP) is 5.65.